The van der Waals surface area contributed by atoms with Gasteiger partial charge in [-0.15, -0.1) is 0 Å². The number of carbonyl (C=O) groups excluding carboxylic acids is 2. The zero-order valence-electron chi connectivity index (χ0n) is 11.9. The third kappa shape index (κ3) is 1.47. The van der Waals surface area contributed by atoms with E-state index in [9.17, 15) is 9.59 Å². The van der Waals surface area contributed by atoms with Gasteiger partial charge in [-0.1, -0.05) is 0 Å². The van der Waals surface area contributed by atoms with E-state index in [0.717, 1.165) is 0 Å². The first-order valence-electron chi connectivity index (χ1n) is 6.28. The van der Waals surface area contributed by atoms with Crippen molar-refractivity contribution in [3.8, 4) is 0 Å². The Bertz CT molecular complexity index is 352. The van der Waals surface area contributed by atoms with Crippen molar-refractivity contribution in [2.75, 3.05) is 28.2 Å². The van der Waals surface area contributed by atoms with Crippen molar-refractivity contribution < 1.29 is 9.59 Å². The van der Waals surface area contributed by atoms with Crippen molar-refractivity contribution in [2.45, 2.75) is 32.1 Å². The van der Waals surface area contributed by atoms with E-state index in [0.29, 0.717) is 0 Å². The fraction of sp³-hybridized carbons (Fsp3) is 0.833. The molecule has 0 radical (unpaired) electrons. The molecule has 18 heavy (non-hydrogen) atoms. The number of hydrogen-bond acceptors (Lipinski definition) is 2. The molecule has 102 valence electrons. The van der Waals surface area contributed by atoms with Crippen LogP contribution in [0.4, 0.5) is 9.59 Å². The minimum atomic E-state index is -0.151. The summed E-state index contributed by atoms with van der Waals surface area (Å²) in [6.07, 6.45) is -0.151. The zero-order chi connectivity index (χ0) is 13.8. The van der Waals surface area contributed by atoms with Crippen molar-refractivity contribution in [3.63, 3.8) is 0 Å². The van der Waals surface area contributed by atoms with Crippen molar-refractivity contribution in [1.82, 2.24) is 19.6 Å². The van der Waals surface area contributed by atoms with Gasteiger partial charge in [0.25, 0.3) is 0 Å². The van der Waals surface area contributed by atoms with Crippen molar-refractivity contribution in [1.29, 1.82) is 0 Å². The van der Waals surface area contributed by atoms with Crippen LogP contribution in [0, 0.1) is 5.92 Å². The molecule has 0 bridgehead atoms. The highest BCUT2D eigenvalue weighted by Crippen LogP contribution is 2.35. The Hall–Kier alpha value is -1.46. The first-order valence-corrected chi connectivity index (χ1v) is 6.28. The lowest BCUT2D eigenvalue weighted by Crippen LogP contribution is -2.73. The topological polar surface area (TPSA) is 47.1 Å². The Morgan fingerprint density at radius 2 is 1.06 bits per heavy atom. The van der Waals surface area contributed by atoms with Gasteiger partial charge in [-0.2, -0.15) is 0 Å². The third-order valence-electron chi connectivity index (χ3n) is 4.68. The van der Waals surface area contributed by atoms with Crippen molar-refractivity contribution >= 4 is 12.1 Å². The standard InChI is InChI=1S/C12H22N4O2/c1-7-9-8(2)14(4)12(18)16(6)10(9)15(5)11(17)13(7)3/h7-10H,1-6H3/t7-,8+,9?,10?. The highest BCUT2D eigenvalue weighted by molar-refractivity contribution is 5.80. The molecule has 2 unspecified atom stereocenters. The van der Waals surface area contributed by atoms with E-state index in [1.807, 2.05) is 14.1 Å². The first kappa shape index (κ1) is 13.0. The largest absolute Gasteiger partial charge is 0.324 e. The Morgan fingerprint density at radius 1 is 0.722 bits per heavy atom. The van der Waals surface area contributed by atoms with Crippen LogP contribution >= 0.6 is 0 Å². The normalized spacial score (nSPS) is 37.2. The molecule has 0 N–H and O–H groups in total. The van der Waals surface area contributed by atoms with Gasteiger partial charge in [0, 0.05) is 46.2 Å². The molecule has 0 aromatic carbocycles. The number of rotatable bonds is 0. The molecule has 2 fully saturated rings. The summed E-state index contributed by atoms with van der Waals surface area (Å²) in [5.41, 5.74) is 0. The summed E-state index contributed by atoms with van der Waals surface area (Å²) in [5.74, 6) is 0.227. The van der Waals surface area contributed by atoms with Crippen LogP contribution in [-0.2, 0) is 0 Å². The average molecular weight is 254 g/mol. The number of hydrogen-bond donors (Lipinski definition) is 0. The van der Waals surface area contributed by atoms with Crippen LogP contribution in [0.3, 0.4) is 0 Å². The van der Waals surface area contributed by atoms with Gasteiger partial charge in [-0.25, -0.2) is 9.59 Å². The number of fused-ring (bicyclic) bond motifs is 1. The Balaban J connectivity index is 2.42. The van der Waals surface area contributed by atoms with Crippen molar-refractivity contribution in [2.24, 2.45) is 5.92 Å². The van der Waals surface area contributed by atoms with E-state index in [1.165, 1.54) is 0 Å². The summed E-state index contributed by atoms with van der Waals surface area (Å²) in [5, 5.41) is 0. The Morgan fingerprint density at radius 3 is 1.39 bits per heavy atom. The van der Waals surface area contributed by atoms with Crippen LogP contribution in [0.1, 0.15) is 13.8 Å². The fourth-order valence-electron chi connectivity index (χ4n) is 3.27. The Labute approximate surface area is 108 Å². The van der Waals surface area contributed by atoms with Crippen LogP contribution in [-0.4, -0.2) is 78.1 Å². The highest BCUT2D eigenvalue weighted by Gasteiger charge is 2.52. The lowest BCUT2D eigenvalue weighted by molar-refractivity contribution is -0.0597. The molecule has 6 nitrogen and oxygen atoms in total. The summed E-state index contributed by atoms with van der Waals surface area (Å²) in [6.45, 7) is 4.10. The quantitative estimate of drug-likeness (QED) is 0.639. The smallest absolute Gasteiger partial charge is 0.321 e. The maximum Gasteiger partial charge on any atom is 0.321 e. The molecule has 0 saturated carbocycles. The predicted octanol–water partition coefficient (Wildman–Crippen LogP) is 0.700. The fourth-order valence-corrected chi connectivity index (χ4v) is 3.27. The lowest BCUT2D eigenvalue weighted by atomic mass is 9.84. The van der Waals surface area contributed by atoms with Gasteiger partial charge in [-0.05, 0) is 13.8 Å². The van der Waals surface area contributed by atoms with Gasteiger partial charge < -0.3 is 19.6 Å². The lowest BCUT2D eigenvalue weighted by Gasteiger charge is -2.57. The van der Waals surface area contributed by atoms with E-state index in [-0.39, 0.29) is 36.2 Å². The molecule has 0 aromatic heterocycles. The second-order valence-corrected chi connectivity index (χ2v) is 5.48. The van der Waals surface area contributed by atoms with Crippen LogP contribution in [0.15, 0.2) is 0 Å². The minimum absolute atomic E-state index is 0.0276. The second kappa shape index (κ2) is 4.03. The molecule has 0 spiro atoms. The van der Waals surface area contributed by atoms with Gasteiger partial charge >= 0.3 is 12.1 Å². The van der Waals surface area contributed by atoms with E-state index >= 15 is 0 Å². The Kier molecular flexibility index (Phi) is 2.91. The maximum atomic E-state index is 12.1. The molecule has 2 rings (SSSR count). The van der Waals surface area contributed by atoms with E-state index < -0.39 is 0 Å². The van der Waals surface area contributed by atoms with E-state index in [1.54, 1.807) is 33.7 Å². The van der Waals surface area contributed by atoms with Gasteiger partial charge in [0.2, 0.25) is 0 Å². The number of nitrogens with zero attached hydrogens (tertiary/aromatic N) is 4. The van der Waals surface area contributed by atoms with Gasteiger partial charge in [0.1, 0.15) is 6.17 Å². The summed E-state index contributed by atoms with van der Waals surface area (Å²) >= 11 is 0. The highest BCUT2D eigenvalue weighted by atomic mass is 16.2. The van der Waals surface area contributed by atoms with Crippen LogP contribution in [0.5, 0.6) is 0 Å². The van der Waals surface area contributed by atoms with E-state index in [2.05, 4.69) is 13.8 Å². The van der Waals surface area contributed by atoms with E-state index in [4.69, 9.17) is 0 Å². The molecule has 2 aliphatic rings. The zero-order valence-corrected chi connectivity index (χ0v) is 11.9. The SMILES string of the molecule is C[C@@H]1C2C(N(C)C(=O)N1C)N(C)C(=O)N(C)[C@H]2C. The minimum Gasteiger partial charge on any atom is -0.324 e. The molecule has 6 heteroatoms. The van der Waals surface area contributed by atoms with Crippen LogP contribution in [0.25, 0.3) is 0 Å². The third-order valence-corrected chi connectivity index (χ3v) is 4.68. The summed E-state index contributed by atoms with van der Waals surface area (Å²) in [4.78, 5) is 31.1. The molecule has 0 aromatic rings. The number of amides is 4. The average Bonchev–Trinajstić information content (AvgIpc) is 2.35. The number of urea groups is 2. The molecule has 4 amide bonds. The number of carbonyl (C=O) groups is 2. The van der Waals surface area contributed by atoms with Gasteiger partial charge in [0.15, 0.2) is 0 Å². The maximum absolute atomic E-state index is 12.1. The monoisotopic (exact) mass is 254 g/mol. The molecule has 4 atom stereocenters. The predicted molar refractivity (Wildman–Crippen MR) is 68.0 cm³/mol. The summed E-state index contributed by atoms with van der Waals surface area (Å²) < 4.78 is 0. The molecule has 2 heterocycles. The molecule has 2 saturated heterocycles. The molecular weight excluding hydrogens is 232 g/mol. The van der Waals surface area contributed by atoms with Gasteiger partial charge in [-0.3, -0.25) is 0 Å². The van der Waals surface area contributed by atoms with Crippen molar-refractivity contribution in [3.05, 3.63) is 0 Å². The summed E-state index contributed by atoms with van der Waals surface area (Å²) in [6, 6.07) is 0.179. The van der Waals surface area contributed by atoms with Crippen LogP contribution in [0.2, 0.25) is 0 Å². The molecule has 2 aliphatic heterocycles. The second-order valence-electron chi connectivity index (χ2n) is 5.48. The summed E-state index contributed by atoms with van der Waals surface area (Å²) in [7, 11) is 7.18. The molecule has 0 aliphatic carbocycles. The molecular formula is C12H22N4O2. The first-order chi connectivity index (χ1) is 8.29. The van der Waals surface area contributed by atoms with Crippen LogP contribution < -0.4 is 0 Å². The van der Waals surface area contributed by atoms with Gasteiger partial charge in [0.05, 0.1) is 0 Å².